The molecule has 1 amide bonds. The molecule has 0 fully saturated rings. The van der Waals surface area contributed by atoms with E-state index in [1.54, 1.807) is 44.2 Å². The lowest BCUT2D eigenvalue weighted by Crippen LogP contribution is -2.28. The van der Waals surface area contributed by atoms with Crippen LogP contribution >= 0.6 is 0 Å². The fourth-order valence-electron chi connectivity index (χ4n) is 2.53. The van der Waals surface area contributed by atoms with E-state index in [1.807, 2.05) is 14.1 Å². The summed E-state index contributed by atoms with van der Waals surface area (Å²) in [6.45, 7) is 5.27. The van der Waals surface area contributed by atoms with Crippen LogP contribution in [-0.2, 0) is 4.74 Å². The molecule has 0 aliphatic carbocycles. The van der Waals surface area contributed by atoms with E-state index in [0.717, 1.165) is 13.0 Å². The quantitative estimate of drug-likeness (QED) is 0.505. The maximum Gasteiger partial charge on any atom is 0.340 e. The molecule has 0 aliphatic rings. The Labute approximate surface area is 165 Å². The molecular weight excluding hydrogens is 358 g/mol. The van der Waals surface area contributed by atoms with Crippen LogP contribution in [0.3, 0.4) is 0 Å². The standard InChI is InChI=1S/C20H27N5O3/c1-5-28-19(27)15-9-6-7-10-16(15)23-20-22-14(2)13-17(24-20)18(26)21-11-8-12-25(3)4/h6-7,9-10,13H,5,8,11-12H2,1-4H3,(H,21,26)(H,22,23,24). The molecule has 0 saturated heterocycles. The molecule has 0 aliphatic heterocycles. The van der Waals surface area contributed by atoms with Gasteiger partial charge in [0.25, 0.3) is 5.91 Å². The monoisotopic (exact) mass is 385 g/mol. The third-order valence-corrected chi connectivity index (χ3v) is 3.82. The van der Waals surface area contributed by atoms with Gasteiger partial charge < -0.3 is 20.3 Å². The van der Waals surface area contributed by atoms with Crippen molar-refractivity contribution in [2.24, 2.45) is 0 Å². The summed E-state index contributed by atoms with van der Waals surface area (Å²) >= 11 is 0. The summed E-state index contributed by atoms with van der Waals surface area (Å²) in [5.41, 5.74) is 1.81. The molecule has 28 heavy (non-hydrogen) atoms. The molecule has 2 rings (SSSR count). The van der Waals surface area contributed by atoms with Crippen LogP contribution in [0.1, 0.15) is 39.9 Å². The molecule has 0 atom stereocenters. The average Bonchev–Trinajstić information content (AvgIpc) is 2.65. The summed E-state index contributed by atoms with van der Waals surface area (Å²) in [7, 11) is 3.98. The molecule has 0 bridgehead atoms. The number of aromatic nitrogens is 2. The van der Waals surface area contributed by atoms with Gasteiger partial charge in [0.1, 0.15) is 5.69 Å². The first kappa shape index (κ1) is 21.3. The minimum atomic E-state index is -0.433. The number of rotatable bonds is 9. The van der Waals surface area contributed by atoms with Crippen LogP contribution in [0.2, 0.25) is 0 Å². The van der Waals surface area contributed by atoms with Gasteiger partial charge >= 0.3 is 5.97 Å². The Kier molecular flexibility index (Phi) is 7.88. The maximum atomic E-state index is 12.4. The topological polar surface area (TPSA) is 96.4 Å². The van der Waals surface area contributed by atoms with E-state index in [9.17, 15) is 9.59 Å². The lowest BCUT2D eigenvalue weighted by Gasteiger charge is -2.12. The van der Waals surface area contributed by atoms with Crippen LogP contribution in [0, 0.1) is 6.92 Å². The molecule has 2 N–H and O–H groups in total. The Morgan fingerprint density at radius 2 is 1.93 bits per heavy atom. The van der Waals surface area contributed by atoms with Gasteiger partial charge in [-0.15, -0.1) is 0 Å². The van der Waals surface area contributed by atoms with E-state index < -0.39 is 5.97 Å². The zero-order valence-electron chi connectivity index (χ0n) is 16.8. The first-order valence-corrected chi connectivity index (χ1v) is 9.22. The Hall–Kier alpha value is -3.00. The molecular formula is C20H27N5O3. The number of benzene rings is 1. The number of anilines is 2. The summed E-state index contributed by atoms with van der Waals surface area (Å²) in [6.07, 6.45) is 0.848. The number of hydrogen-bond acceptors (Lipinski definition) is 7. The highest BCUT2D eigenvalue weighted by Crippen LogP contribution is 2.20. The van der Waals surface area contributed by atoms with Gasteiger partial charge in [-0.2, -0.15) is 0 Å². The van der Waals surface area contributed by atoms with Crippen molar-refractivity contribution in [1.82, 2.24) is 20.2 Å². The predicted octanol–water partition coefficient (Wildman–Crippen LogP) is 2.39. The lowest BCUT2D eigenvalue weighted by atomic mass is 10.2. The van der Waals surface area contributed by atoms with Gasteiger partial charge in [-0.25, -0.2) is 14.8 Å². The van der Waals surface area contributed by atoms with E-state index in [2.05, 4.69) is 25.5 Å². The van der Waals surface area contributed by atoms with Crippen molar-refractivity contribution in [2.75, 3.05) is 39.1 Å². The third kappa shape index (κ3) is 6.31. The molecule has 1 heterocycles. The van der Waals surface area contributed by atoms with E-state index in [-0.39, 0.29) is 24.2 Å². The molecule has 2 aromatic rings. The van der Waals surface area contributed by atoms with Crippen LogP contribution in [-0.4, -0.2) is 60.5 Å². The Balaban J connectivity index is 2.14. The second-order valence-corrected chi connectivity index (χ2v) is 6.52. The highest BCUT2D eigenvalue weighted by Gasteiger charge is 2.15. The minimum absolute atomic E-state index is 0.246. The molecule has 8 heteroatoms. The smallest absolute Gasteiger partial charge is 0.340 e. The average molecular weight is 385 g/mol. The number of carbonyl (C=O) groups excluding carboxylic acids is 2. The van der Waals surface area contributed by atoms with Crippen LogP contribution in [0.4, 0.5) is 11.6 Å². The molecule has 0 unspecified atom stereocenters. The number of esters is 1. The Morgan fingerprint density at radius 1 is 1.18 bits per heavy atom. The van der Waals surface area contributed by atoms with Crippen LogP contribution in [0.15, 0.2) is 30.3 Å². The van der Waals surface area contributed by atoms with Crippen molar-refractivity contribution < 1.29 is 14.3 Å². The van der Waals surface area contributed by atoms with Crippen LogP contribution < -0.4 is 10.6 Å². The van der Waals surface area contributed by atoms with Crippen molar-refractivity contribution in [1.29, 1.82) is 0 Å². The molecule has 0 spiro atoms. The van der Waals surface area contributed by atoms with Crippen molar-refractivity contribution in [3.05, 3.63) is 47.3 Å². The summed E-state index contributed by atoms with van der Waals surface area (Å²) in [5.74, 6) is -0.446. The van der Waals surface area contributed by atoms with Gasteiger partial charge in [-0.05, 0) is 59.1 Å². The number of para-hydroxylation sites is 1. The highest BCUT2D eigenvalue weighted by molar-refractivity contribution is 5.96. The summed E-state index contributed by atoms with van der Waals surface area (Å²) in [6, 6.07) is 8.57. The normalized spacial score (nSPS) is 10.6. The van der Waals surface area contributed by atoms with Gasteiger partial charge in [0.15, 0.2) is 0 Å². The zero-order chi connectivity index (χ0) is 20.5. The van der Waals surface area contributed by atoms with E-state index in [1.165, 1.54) is 0 Å². The number of ether oxygens (including phenoxy) is 1. The first-order chi connectivity index (χ1) is 13.4. The van der Waals surface area contributed by atoms with Crippen molar-refractivity contribution in [2.45, 2.75) is 20.3 Å². The second kappa shape index (κ2) is 10.4. The number of nitrogens with one attached hydrogen (secondary N) is 2. The third-order valence-electron chi connectivity index (χ3n) is 3.82. The van der Waals surface area contributed by atoms with Crippen molar-refractivity contribution in [3.63, 3.8) is 0 Å². The van der Waals surface area contributed by atoms with Crippen LogP contribution in [0.5, 0.6) is 0 Å². The number of nitrogens with zero attached hydrogens (tertiary/aromatic N) is 3. The largest absolute Gasteiger partial charge is 0.462 e. The fourth-order valence-corrected chi connectivity index (χ4v) is 2.53. The molecule has 0 saturated carbocycles. The Bertz CT molecular complexity index is 823. The molecule has 150 valence electrons. The van der Waals surface area contributed by atoms with Crippen molar-refractivity contribution >= 4 is 23.5 Å². The lowest BCUT2D eigenvalue weighted by molar-refractivity contribution is 0.0527. The molecule has 0 radical (unpaired) electrons. The van der Waals surface area contributed by atoms with Gasteiger partial charge in [0, 0.05) is 12.2 Å². The zero-order valence-corrected chi connectivity index (χ0v) is 16.8. The molecule has 8 nitrogen and oxygen atoms in total. The van der Waals surface area contributed by atoms with Gasteiger partial charge in [-0.1, -0.05) is 12.1 Å². The van der Waals surface area contributed by atoms with Gasteiger partial charge in [0.2, 0.25) is 5.95 Å². The minimum Gasteiger partial charge on any atom is -0.462 e. The molecule has 1 aromatic carbocycles. The van der Waals surface area contributed by atoms with Gasteiger partial charge in [0.05, 0.1) is 17.9 Å². The first-order valence-electron chi connectivity index (χ1n) is 9.22. The second-order valence-electron chi connectivity index (χ2n) is 6.52. The van der Waals surface area contributed by atoms with Gasteiger partial charge in [-0.3, -0.25) is 4.79 Å². The predicted molar refractivity (Wildman–Crippen MR) is 108 cm³/mol. The van der Waals surface area contributed by atoms with E-state index in [0.29, 0.717) is 23.5 Å². The Morgan fingerprint density at radius 3 is 2.64 bits per heavy atom. The summed E-state index contributed by atoms with van der Waals surface area (Å²) < 4.78 is 5.08. The fraction of sp³-hybridized carbons (Fsp3) is 0.400. The van der Waals surface area contributed by atoms with Crippen molar-refractivity contribution in [3.8, 4) is 0 Å². The number of hydrogen-bond donors (Lipinski definition) is 2. The maximum absolute atomic E-state index is 12.4. The number of carbonyl (C=O) groups is 2. The molecule has 1 aromatic heterocycles. The van der Waals surface area contributed by atoms with E-state index >= 15 is 0 Å². The number of aryl methyl sites for hydroxylation is 1. The highest BCUT2D eigenvalue weighted by atomic mass is 16.5. The van der Waals surface area contributed by atoms with E-state index in [4.69, 9.17) is 4.74 Å². The number of amides is 1. The SMILES string of the molecule is CCOC(=O)c1ccccc1Nc1nc(C)cc(C(=O)NCCCN(C)C)n1. The summed E-state index contributed by atoms with van der Waals surface area (Å²) in [4.78, 5) is 35.2. The summed E-state index contributed by atoms with van der Waals surface area (Å²) in [5, 5.41) is 5.88. The van der Waals surface area contributed by atoms with Crippen LogP contribution in [0.25, 0.3) is 0 Å².